The van der Waals surface area contributed by atoms with Gasteiger partial charge in [0, 0.05) is 37.6 Å². The minimum atomic E-state index is -0.0527. The molecule has 1 aliphatic heterocycles. The summed E-state index contributed by atoms with van der Waals surface area (Å²) in [5.74, 6) is -0.104. The highest BCUT2D eigenvalue weighted by Gasteiger charge is 2.19. The number of anilines is 2. The lowest BCUT2D eigenvalue weighted by Gasteiger charge is -2.31. The summed E-state index contributed by atoms with van der Waals surface area (Å²) in [6, 6.07) is 13.4. The highest BCUT2D eigenvalue weighted by atomic mass is 16.2. The van der Waals surface area contributed by atoms with E-state index in [9.17, 15) is 9.59 Å². The van der Waals surface area contributed by atoms with E-state index in [2.05, 4.69) is 35.3 Å². The minimum absolute atomic E-state index is 0.0508. The maximum atomic E-state index is 12.5. The Balaban J connectivity index is 1.64. The van der Waals surface area contributed by atoms with Gasteiger partial charge in [0.25, 0.3) is 5.91 Å². The van der Waals surface area contributed by atoms with Crippen molar-refractivity contribution in [2.45, 2.75) is 19.8 Å². The van der Waals surface area contributed by atoms with Crippen LogP contribution in [-0.4, -0.2) is 43.9 Å². The van der Waals surface area contributed by atoms with Gasteiger partial charge in [-0.2, -0.15) is 0 Å². The average molecular weight is 351 g/mol. The molecule has 2 amide bonds. The quantitative estimate of drug-likeness (QED) is 0.921. The largest absolute Gasteiger partial charge is 0.362 e. The van der Waals surface area contributed by atoms with Crippen molar-refractivity contribution in [2.75, 3.05) is 37.4 Å². The van der Waals surface area contributed by atoms with Gasteiger partial charge in [0.15, 0.2) is 0 Å². The third kappa shape index (κ3) is 4.04. The van der Waals surface area contributed by atoms with Crippen LogP contribution >= 0.6 is 0 Å². The first kappa shape index (κ1) is 18.0. The second-order valence-electron chi connectivity index (χ2n) is 6.98. The Bertz CT molecular complexity index is 813. The topological polar surface area (TPSA) is 52.7 Å². The number of carbonyl (C=O) groups is 2. The van der Waals surface area contributed by atoms with Gasteiger partial charge in [-0.05, 0) is 55.7 Å². The molecule has 1 heterocycles. The Kier molecular flexibility index (Phi) is 5.26. The summed E-state index contributed by atoms with van der Waals surface area (Å²) in [5.41, 5.74) is 5.03. The molecule has 0 aliphatic carbocycles. The Morgan fingerprint density at radius 2 is 1.85 bits per heavy atom. The lowest BCUT2D eigenvalue weighted by Crippen LogP contribution is -2.36. The number of nitrogens with zero attached hydrogens (tertiary/aromatic N) is 2. The van der Waals surface area contributed by atoms with Crippen LogP contribution in [0.1, 0.15) is 27.9 Å². The van der Waals surface area contributed by atoms with E-state index in [1.807, 2.05) is 0 Å². The summed E-state index contributed by atoms with van der Waals surface area (Å²) in [7, 11) is 3.44. The predicted octanol–water partition coefficient (Wildman–Crippen LogP) is 3.09. The fourth-order valence-corrected chi connectivity index (χ4v) is 3.30. The zero-order chi connectivity index (χ0) is 18.7. The molecule has 0 saturated heterocycles. The molecule has 5 nitrogen and oxygen atoms in total. The third-order valence-corrected chi connectivity index (χ3v) is 4.61. The van der Waals surface area contributed by atoms with E-state index < -0.39 is 0 Å². The number of benzene rings is 2. The molecule has 0 atom stereocenters. The van der Waals surface area contributed by atoms with Crippen molar-refractivity contribution >= 4 is 23.2 Å². The Morgan fingerprint density at radius 1 is 1.12 bits per heavy atom. The van der Waals surface area contributed by atoms with Gasteiger partial charge in [0.2, 0.25) is 5.91 Å². The summed E-state index contributed by atoms with van der Waals surface area (Å²) >= 11 is 0. The highest BCUT2D eigenvalue weighted by molar-refractivity contribution is 5.96. The van der Waals surface area contributed by atoms with Crippen LogP contribution in [0, 0.1) is 6.92 Å². The van der Waals surface area contributed by atoms with Crippen LogP contribution in [0.5, 0.6) is 0 Å². The van der Waals surface area contributed by atoms with Crippen LogP contribution < -0.4 is 10.2 Å². The lowest BCUT2D eigenvalue weighted by molar-refractivity contribution is -0.115. The summed E-state index contributed by atoms with van der Waals surface area (Å²) in [4.78, 5) is 28.0. The molecule has 0 radical (unpaired) electrons. The summed E-state index contributed by atoms with van der Waals surface area (Å²) in [5, 5.41) is 2.92. The maximum Gasteiger partial charge on any atom is 0.253 e. The molecule has 0 spiro atoms. The zero-order valence-corrected chi connectivity index (χ0v) is 15.6. The lowest BCUT2D eigenvalue weighted by atomic mass is 9.99. The van der Waals surface area contributed by atoms with E-state index in [1.165, 1.54) is 16.0 Å². The normalized spacial score (nSPS) is 13.1. The molecule has 0 fully saturated rings. The fourth-order valence-electron chi connectivity index (χ4n) is 3.30. The molecule has 2 aromatic rings. The van der Waals surface area contributed by atoms with Crippen molar-refractivity contribution in [3.05, 3.63) is 59.2 Å². The molecule has 0 aromatic heterocycles. The Hall–Kier alpha value is -2.82. The number of aryl methyl sites for hydroxylation is 2. The van der Waals surface area contributed by atoms with Gasteiger partial charge in [-0.15, -0.1) is 0 Å². The van der Waals surface area contributed by atoms with E-state index in [4.69, 9.17) is 0 Å². The number of hydrogen-bond acceptors (Lipinski definition) is 3. The Labute approximate surface area is 154 Å². The van der Waals surface area contributed by atoms with Gasteiger partial charge in [0.05, 0.1) is 6.54 Å². The molecule has 26 heavy (non-hydrogen) atoms. The fraction of sp³-hybridized carbons (Fsp3) is 0.333. The van der Waals surface area contributed by atoms with E-state index >= 15 is 0 Å². The molecule has 0 bridgehead atoms. The number of carbonyl (C=O) groups excluding carboxylic acids is 2. The molecule has 0 saturated carbocycles. The van der Waals surface area contributed by atoms with Gasteiger partial charge >= 0.3 is 0 Å². The SMILES string of the molecule is Cc1ccc2c(c1)CCCN2CC(=O)Nc1ccc(C(=O)N(C)C)cc1. The van der Waals surface area contributed by atoms with E-state index in [-0.39, 0.29) is 11.8 Å². The average Bonchev–Trinajstić information content (AvgIpc) is 2.61. The summed E-state index contributed by atoms with van der Waals surface area (Å²) < 4.78 is 0. The van der Waals surface area contributed by atoms with Crippen molar-refractivity contribution < 1.29 is 9.59 Å². The number of nitrogens with one attached hydrogen (secondary N) is 1. The summed E-state index contributed by atoms with van der Waals surface area (Å²) in [6.45, 7) is 3.31. The molecule has 1 N–H and O–H groups in total. The van der Waals surface area contributed by atoms with Crippen LogP contribution in [0.2, 0.25) is 0 Å². The third-order valence-electron chi connectivity index (χ3n) is 4.61. The first-order valence-corrected chi connectivity index (χ1v) is 8.90. The molecular formula is C21H25N3O2. The van der Waals surface area contributed by atoms with Crippen LogP contribution in [0.15, 0.2) is 42.5 Å². The van der Waals surface area contributed by atoms with Crippen molar-refractivity contribution in [3.8, 4) is 0 Å². The van der Waals surface area contributed by atoms with Crippen LogP contribution in [0.25, 0.3) is 0 Å². The molecule has 136 valence electrons. The van der Waals surface area contributed by atoms with Crippen molar-refractivity contribution in [1.82, 2.24) is 4.90 Å². The predicted molar refractivity (Wildman–Crippen MR) is 105 cm³/mol. The van der Waals surface area contributed by atoms with Crippen molar-refractivity contribution in [2.24, 2.45) is 0 Å². The van der Waals surface area contributed by atoms with Gasteiger partial charge in [-0.1, -0.05) is 17.7 Å². The number of fused-ring (bicyclic) bond motifs is 1. The molecule has 5 heteroatoms. The summed E-state index contributed by atoms with van der Waals surface area (Å²) in [6.07, 6.45) is 2.13. The monoisotopic (exact) mass is 351 g/mol. The zero-order valence-electron chi connectivity index (χ0n) is 15.6. The first-order valence-electron chi connectivity index (χ1n) is 8.90. The van der Waals surface area contributed by atoms with E-state index in [0.717, 1.165) is 25.1 Å². The second kappa shape index (κ2) is 7.60. The van der Waals surface area contributed by atoms with Crippen LogP contribution in [0.3, 0.4) is 0 Å². The van der Waals surface area contributed by atoms with Crippen LogP contribution in [0.4, 0.5) is 11.4 Å². The molecule has 0 unspecified atom stereocenters. The second-order valence-corrected chi connectivity index (χ2v) is 6.98. The van der Waals surface area contributed by atoms with Gasteiger partial charge in [-0.25, -0.2) is 0 Å². The van der Waals surface area contributed by atoms with Gasteiger partial charge < -0.3 is 15.1 Å². The maximum absolute atomic E-state index is 12.5. The first-order chi connectivity index (χ1) is 12.4. The molecule has 1 aliphatic rings. The number of hydrogen-bond donors (Lipinski definition) is 1. The Morgan fingerprint density at radius 3 is 2.54 bits per heavy atom. The molecular weight excluding hydrogens is 326 g/mol. The van der Waals surface area contributed by atoms with Crippen LogP contribution in [-0.2, 0) is 11.2 Å². The number of amides is 2. The smallest absolute Gasteiger partial charge is 0.253 e. The molecule has 3 rings (SSSR count). The van der Waals surface area contributed by atoms with Gasteiger partial charge in [0.1, 0.15) is 0 Å². The van der Waals surface area contributed by atoms with Gasteiger partial charge in [-0.3, -0.25) is 9.59 Å². The van der Waals surface area contributed by atoms with Crippen molar-refractivity contribution in [1.29, 1.82) is 0 Å². The molecule has 2 aromatic carbocycles. The standard InChI is InChI=1S/C21H25N3O2/c1-15-6-11-19-17(13-15)5-4-12-24(19)14-20(25)22-18-9-7-16(8-10-18)21(26)23(2)3/h6-11,13H,4-5,12,14H2,1-3H3,(H,22,25). The van der Waals surface area contributed by atoms with E-state index in [0.29, 0.717) is 17.8 Å². The highest BCUT2D eigenvalue weighted by Crippen LogP contribution is 2.27. The van der Waals surface area contributed by atoms with Crippen molar-refractivity contribution in [3.63, 3.8) is 0 Å². The number of rotatable bonds is 4. The van der Waals surface area contributed by atoms with E-state index in [1.54, 1.807) is 38.4 Å². The minimum Gasteiger partial charge on any atom is -0.362 e.